The van der Waals surface area contributed by atoms with Crippen molar-refractivity contribution in [1.29, 1.82) is 0 Å². The molecule has 0 radical (unpaired) electrons. The normalized spacial score (nSPS) is 18.9. The summed E-state index contributed by atoms with van der Waals surface area (Å²) in [7, 11) is 4.31. The van der Waals surface area contributed by atoms with E-state index in [-0.39, 0.29) is 0 Å². The van der Waals surface area contributed by atoms with Gasteiger partial charge in [0.15, 0.2) is 0 Å². The van der Waals surface area contributed by atoms with Crippen LogP contribution >= 0.6 is 0 Å². The van der Waals surface area contributed by atoms with E-state index in [0.29, 0.717) is 5.41 Å². The minimum Gasteiger partial charge on any atom is -0.316 e. The Morgan fingerprint density at radius 3 is 2.20 bits per heavy atom. The minimum absolute atomic E-state index is 0.376. The van der Waals surface area contributed by atoms with E-state index < -0.39 is 0 Å². The van der Waals surface area contributed by atoms with Crippen LogP contribution in [0.2, 0.25) is 0 Å². The van der Waals surface area contributed by atoms with Gasteiger partial charge in [0, 0.05) is 52.4 Å². The summed E-state index contributed by atoms with van der Waals surface area (Å²) >= 11 is 0. The molecule has 0 aromatic heterocycles. The van der Waals surface area contributed by atoms with Crippen LogP contribution in [0.15, 0.2) is 0 Å². The zero-order chi connectivity index (χ0) is 15.0. The molecule has 0 aliphatic carbocycles. The van der Waals surface area contributed by atoms with Gasteiger partial charge in [0.25, 0.3) is 0 Å². The van der Waals surface area contributed by atoms with E-state index in [1.165, 1.54) is 52.2 Å². The van der Waals surface area contributed by atoms with Crippen molar-refractivity contribution in [2.75, 3.05) is 73.0 Å². The van der Waals surface area contributed by atoms with Crippen LogP contribution in [-0.2, 0) is 0 Å². The van der Waals surface area contributed by atoms with Gasteiger partial charge in [0.2, 0.25) is 0 Å². The highest BCUT2D eigenvalue weighted by molar-refractivity contribution is 4.80. The van der Waals surface area contributed by atoms with Gasteiger partial charge in [-0.15, -0.1) is 0 Å². The lowest BCUT2D eigenvalue weighted by molar-refractivity contribution is 0.0926. The maximum Gasteiger partial charge on any atom is 0.0110 e. The summed E-state index contributed by atoms with van der Waals surface area (Å²) in [5, 5.41) is 3.56. The predicted octanol–water partition coefficient (Wildman–Crippen LogP) is 1.19. The summed E-state index contributed by atoms with van der Waals surface area (Å²) in [6, 6.07) is 0. The second-order valence-corrected chi connectivity index (χ2v) is 7.26. The molecule has 1 aliphatic rings. The average Bonchev–Trinajstić information content (AvgIpc) is 2.37. The molecule has 0 atom stereocenters. The quantitative estimate of drug-likeness (QED) is 0.642. The van der Waals surface area contributed by atoms with E-state index in [9.17, 15) is 0 Å². The molecule has 120 valence electrons. The summed E-state index contributed by atoms with van der Waals surface area (Å²) in [6.45, 7) is 17.8. The zero-order valence-corrected chi connectivity index (χ0v) is 14.4. The van der Waals surface area contributed by atoms with Crippen LogP contribution in [0.25, 0.3) is 0 Å². The maximum atomic E-state index is 3.56. The van der Waals surface area contributed by atoms with Gasteiger partial charge in [-0.05, 0) is 32.5 Å². The van der Waals surface area contributed by atoms with Crippen molar-refractivity contribution in [3.8, 4) is 0 Å². The van der Waals surface area contributed by atoms with E-state index in [1.807, 2.05) is 0 Å². The molecule has 0 amide bonds. The molecule has 0 unspecified atom stereocenters. The Morgan fingerprint density at radius 2 is 1.65 bits per heavy atom. The van der Waals surface area contributed by atoms with Crippen LogP contribution in [0.3, 0.4) is 0 Å². The van der Waals surface area contributed by atoms with Crippen LogP contribution in [0.4, 0.5) is 0 Å². The first kappa shape index (κ1) is 17.9. The molecule has 0 aromatic rings. The van der Waals surface area contributed by atoms with Crippen molar-refractivity contribution < 1.29 is 0 Å². The number of rotatable bonds is 9. The van der Waals surface area contributed by atoms with Gasteiger partial charge in [-0.25, -0.2) is 0 Å². The topological polar surface area (TPSA) is 21.8 Å². The first-order valence-electron chi connectivity index (χ1n) is 8.23. The molecule has 1 heterocycles. The van der Waals surface area contributed by atoms with Crippen molar-refractivity contribution in [3.05, 3.63) is 0 Å². The summed E-state index contributed by atoms with van der Waals surface area (Å²) in [4.78, 5) is 7.51. The Kier molecular flexibility index (Phi) is 8.03. The first-order chi connectivity index (χ1) is 9.43. The van der Waals surface area contributed by atoms with Crippen molar-refractivity contribution in [2.45, 2.75) is 27.2 Å². The SMILES string of the molecule is CCCNCC(C)(C)CN1CCN(CCN(C)C)CC1. The third-order valence-corrected chi connectivity index (χ3v) is 4.01. The van der Waals surface area contributed by atoms with Gasteiger partial charge >= 0.3 is 0 Å². The zero-order valence-electron chi connectivity index (χ0n) is 14.4. The van der Waals surface area contributed by atoms with Crippen molar-refractivity contribution in [1.82, 2.24) is 20.0 Å². The van der Waals surface area contributed by atoms with Crippen molar-refractivity contribution in [2.24, 2.45) is 5.41 Å². The van der Waals surface area contributed by atoms with Gasteiger partial charge in [-0.1, -0.05) is 20.8 Å². The molecular weight excluding hydrogens is 248 g/mol. The predicted molar refractivity (Wildman–Crippen MR) is 88.4 cm³/mol. The lowest BCUT2D eigenvalue weighted by atomic mass is 9.92. The fourth-order valence-corrected chi connectivity index (χ4v) is 2.78. The highest BCUT2D eigenvalue weighted by Crippen LogP contribution is 2.17. The first-order valence-corrected chi connectivity index (χ1v) is 8.23. The molecule has 1 rings (SSSR count). The molecular formula is C16H36N4. The molecule has 4 nitrogen and oxygen atoms in total. The van der Waals surface area contributed by atoms with Gasteiger partial charge < -0.3 is 15.1 Å². The third-order valence-electron chi connectivity index (χ3n) is 4.01. The Balaban J connectivity index is 2.20. The molecule has 0 aromatic carbocycles. The van der Waals surface area contributed by atoms with E-state index in [1.54, 1.807) is 0 Å². The second kappa shape index (κ2) is 8.98. The molecule has 1 N–H and O–H groups in total. The monoisotopic (exact) mass is 284 g/mol. The van der Waals surface area contributed by atoms with Gasteiger partial charge in [0.05, 0.1) is 0 Å². The van der Waals surface area contributed by atoms with E-state index in [0.717, 1.165) is 13.1 Å². The summed E-state index contributed by atoms with van der Waals surface area (Å²) in [5.74, 6) is 0. The lowest BCUT2D eigenvalue weighted by Gasteiger charge is -2.39. The van der Waals surface area contributed by atoms with Crippen LogP contribution in [0.5, 0.6) is 0 Å². The molecule has 20 heavy (non-hydrogen) atoms. The molecule has 0 bridgehead atoms. The number of nitrogens with zero attached hydrogens (tertiary/aromatic N) is 3. The summed E-state index contributed by atoms with van der Waals surface area (Å²) in [6.07, 6.45) is 1.22. The van der Waals surface area contributed by atoms with E-state index in [2.05, 4.69) is 54.9 Å². The molecule has 4 heteroatoms. The second-order valence-electron chi connectivity index (χ2n) is 7.26. The summed E-state index contributed by atoms with van der Waals surface area (Å²) in [5.41, 5.74) is 0.376. The number of hydrogen-bond acceptors (Lipinski definition) is 4. The number of hydrogen-bond donors (Lipinski definition) is 1. The van der Waals surface area contributed by atoms with Gasteiger partial charge in [0.1, 0.15) is 0 Å². The maximum absolute atomic E-state index is 3.56. The third kappa shape index (κ3) is 7.58. The van der Waals surface area contributed by atoms with E-state index >= 15 is 0 Å². The van der Waals surface area contributed by atoms with Crippen LogP contribution in [-0.4, -0.2) is 87.7 Å². The molecule has 1 fully saturated rings. The average molecular weight is 284 g/mol. The molecule has 1 saturated heterocycles. The highest BCUT2D eigenvalue weighted by atomic mass is 15.3. The number of piperazine rings is 1. The Labute approximate surface area is 126 Å². The number of nitrogens with one attached hydrogen (secondary N) is 1. The van der Waals surface area contributed by atoms with Gasteiger partial charge in [-0.3, -0.25) is 4.90 Å². The highest BCUT2D eigenvalue weighted by Gasteiger charge is 2.24. The fourth-order valence-electron chi connectivity index (χ4n) is 2.78. The van der Waals surface area contributed by atoms with Crippen LogP contribution < -0.4 is 5.32 Å². The molecule has 0 spiro atoms. The van der Waals surface area contributed by atoms with E-state index in [4.69, 9.17) is 0 Å². The Morgan fingerprint density at radius 1 is 1.05 bits per heavy atom. The minimum atomic E-state index is 0.376. The van der Waals surface area contributed by atoms with Crippen molar-refractivity contribution >= 4 is 0 Å². The van der Waals surface area contributed by atoms with Crippen LogP contribution in [0.1, 0.15) is 27.2 Å². The fraction of sp³-hybridized carbons (Fsp3) is 1.00. The molecule has 1 aliphatic heterocycles. The molecule has 0 saturated carbocycles. The largest absolute Gasteiger partial charge is 0.316 e. The Hall–Kier alpha value is -0.160. The number of likely N-dealkylation sites (N-methyl/N-ethyl adjacent to an activating group) is 1. The van der Waals surface area contributed by atoms with Crippen molar-refractivity contribution in [3.63, 3.8) is 0 Å². The Bertz CT molecular complexity index is 245. The van der Waals surface area contributed by atoms with Crippen LogP contribution in [0, 0.1) is 5.41 Å². The van der Waals surface area contributed by atoms with Gasteiger partial charge in [-0.2, -0.15) is 0 Å². The smallest absolute Gasteiger partial charge is 0.0110 e. The standard InChI is InChI=1S/C16H36N4/c1-6-7-17-14-16(2,3)15-20-12-10-19(11-13-20)9-8-18(4)5/h17H,6-15H2,1-5H3. The lowest BCUT2D eigenvalue weighted by Crippen LogP contribution is -2.51. The summed E-state index contributed by atoms with van der Waals surface area (Å²) < 4.78 is 0.